The number of benzene rings is 2. The van der Waals surface area contributed by atoms with Gasteiger partial charge in [0.05, 0.1) is 11.1 Å². The number of carbonyl (C=O) groups excluding carboxylic acids is 1. The highest BCUT2D eigenvalue weighted by atomic mass is 19.4. The number of fused-ring (bicyclic) bond motifs is 1. The molecule has 3 aromatic rings. The largest absolute Gasteiger partial charge is 0.405 e. The van der Waals surface area contributed by atoms with Gasteiger partial charge in [0, 0.05) is 29.3 Å². The summed E-state index contributed by atoms with van der Waals surface area (Å²) >= 11 is 0. The summed E-state index contributed by atoms with van der Waals surface area (Å²) in [5.41, 5.74) is 8.59. The van der Waals surface area contributed by atoms with Gasteiger partial charge >= 0.3 is 6.18 Å². The second kappa shape index (κ2) is 9.35. The Morgan fingerprint density at radius 1 is 1.24 bits per heavy atom. The maximum Gasteiger partial charge on any atom is 0.405 e. The lowest BCUT2D eigenvalue weighted by molar-refractivity contribution is -0.138. The number of aromatic nitrogens is 1. The number of carbonyl (C=O) groups is 1. The molecule has 0 radical (unpaired) electrons. The zero-order valence-corrected chi connectivity index (χ0v) is 18.1. The number of nitrogens with one attached hydrogen (secondary N) is 3. The quantitative estimate of drug-likeness (QED) is 0.314. The van der Waals surface area contributed by atoms with Crippen LogP contribution in [0.3, 0.4) is 0 Å². The van der Waals surface area contributed by atoms with Crippen molar-refractivity contribution in [2.24, 2.45) is 0 Å². The normalized spacial score (nSPS) is 11.6. The number of amides is 1. The van der Waals surface area contributed by atoms with Gasteiger partial charge in [-0.25, -0.2) is 0 Å². The molecule has 3 rings (SSSR count). The molecule has 0 fully saturated rings. The SMILES string of the molecule is CC(C)c1cc(Nc2cccc3ccn(CC(=O)NCC(F)(F)F)c(=O)c23)cc(C=N)c1N. The monoisotopic (exact) mass is 459 g/mol. The molecular formula is C23H24F3N5O2. The van der Waals surface area contributed by atoms with Crippen LogP contribution in [0, 0.1) is 5.41 Å². The van der Waals surface area contributed by atoms with Gasteiger partial charge < -0.3 is 26.3 Å². The van der Waals surface area contributed by atoms with Crippen LogP contribution < -0.4 is 21.9 Å². The van der Waals surface area contributed by atoms with Crippen molar-refractivity contribution in [2.75, 3.05) is 17.6 Å². The fourth-order valence-electron chi connectivity index (χ4n) is 3.49. The Bertz CT molecular complexity index is 1270. The Morgan fingerprint density at radius 3 is 2.61 bits per heavy atom. The van der Waals surface area contributed by atoms with Crippen molar-refractivity contribution >= 4 is 40.0 Å². The van der Waals surface area contributed by atoms with E-state index >= 15 is 0 Å². The van der Waals surface area contributed by atoms with E-state index in [1.165, 1.54) is 6.20 Å². The summed E-state index contributed by atoms with van der Waals surface area (Å²) in [6.45, 7) is 1.94. The minimum absolute atomic E-state index is 0.102. The predicted octanol–water partition coefficient (Wildman–Crippen LogP) is 4.13. The second-order valence-corrected chi connectivity index (χ2v) is 7.90. The van der Waals surface area contributed by atoms with Crippen LogP contribution in [-0.2, 0) is 11.3 Å². The number of hydrogen-bond donors (Lipinski definition) is 4. The highest BCUT2D eigenvalue weighted by Gasteiger charge is 2.27. The summed E-state index contributed by atoms with van der Waals surface area (Å²) in [4.78, 5) is 25.0. The molecule has 1 amide bonds. The van der Waals surface area contributed by atoms with E-state index in [-0.39, 0.29) is 11.3 Å². The Morgan fingerprint density at radius 2 is 1.97 bits per heavy atom. The molecule has 0 saturated carbocycles. The molecule has 0 unspecified atom stereocenters. The first-order valence-corrected chi connectivity index (χ1v) is 10.2. The number of nitrogens with two attached hydrogens (primary N) is 1. The molecule has 0 saturated heterocycles. The molecular weight excluding hydrogens is 435 g/mol. The second-order valence-electron chi connectivity index (χ2n) is 7.90. The third-order valence-corrected chi connectivity index (χ3v) is 5.11. The Labute approximate surface area is 187 Å². The number of pyridine rings is 1. The number of hydrogen-bond acceptors (Lipinski definition) is 5. The average Bonchev–Trinajstić information content (AvgIpc) is 2.74. The van der Waals surface area contributed by atoms with Gasteiger partial charge in [-0.15, -0.1) is 0 Å². The van der Waals surface area contributed by atoms with E-state index in [2.05, 4.69) is 5.32 Å². The summed E-state index contributed by atoms with van der Waals surface area (Å²) < 4.78 is 38.1. The Hall–Kier alpha value is -3.82. The summed E-state index contributed by atoms with van der Waals surface area (Å²) in [7, 11) is 0. The first-order chi connectivity index (χ1) is 15.5. The molecule has 5 N–H and O–H groups in total. The zero-order valence-electron chi connectivity index (χ0n) is 18.1. The fourth-order valence-corrected chi connectivity index (χ4v) is 3.49. The van der Waals surface area contributed by atoms with Crippen LogP contribution in [0.2, 0.25) is 0 Å². The van der Waals surface area contributed by atoms with E-state index in [1.807, 2.05) is 19.9 Å². The third kappa shape index (κ3) is 5.51. The summed E-state index contributed by atoms with van der Waals surface area (Å²) in [6, 6.07) is 10.3. The molecule has 1 heterocycles. The van der Waals surface area contributed by atoms with Crippen molar-refractivity contribution < 1.29 is 18.0 Å². The maximum atomic E-state index is 13.1. The highest BCUT2D eigenvalue weighted by Crippen LogP contribution is 2.31. The van der Waals surface area contributed by atoms with Crippen LogP contribution in [0.5, 0.6) is 0 Å². The standard InChI is InChI=1S/C23H24F3N5O2/c1-13(2)17-9-16(8-15(10-27)21(17)28)30-18-5-3-4-14-6-7-31(22(33)20(14)18)11-19(32)29-12-23(24,25)26/h3-10,13,27,30H,11-12,28H2,1-2H3,(H,29,32). The Kier molecular flexibility index (Phi) is 6.75. The number of alkyl halides is 3. The predicted molar refractivity (Wildman–Crippen MR) is 123 cm³/mol. The van der Waals surface area contributed by atoms with Crippen molar-refractivity contribution in [2.45, 2.75) is 32.5 Å². The van der Waals surface area contributed by atoms with Crippen LogP contribution in [0.25, 0.3) is 10.8 Å². The van der Waals surface area contributed by atoms with Crippen molar-refractivity contribution in [1.29, 1.82) is 5.41 Å². The number of nitrogen functional groups attached to an aromatic ring is 1. The molecule has 1 aromatic heterocycles. The first kappa shape index (κ1) is 23.8. The number of nitrogens with zero attached hydrogens (tertiary/aromatic N) is 1. The summed E-state index contributed by atoms with van der Waals surface area (Å²) in [5.74, 6) is -0.819. The van der Waals surface area contributed by atoms with Crippen molar-refractivity contribution in [3.8, 4) is 0 Å². The molecule has 174 valence electrons. The van der Waals surface area contributed by atoms with Crippen LogP contribution in [0.4, 0.5) is 30.2 Å². The molecule has 0 aliphatic rings. The van der Waals surface area contributed by atoms with Crippen molar-refractivity contribution in [3.05, 3.63) is 64.1 Å². The molecule has 33 heavy (non-hydrogen) atoms. The highest BCUT2D eigenvalue weighted by molar-refractivity contribution is 5.96. The summed E-state index contributed by atoms with van der Waals surface area (Å²) in [6.07, 6.45) is -2.01. The van der Waals surface area contributed by atoms with Gasteiger partial charge in [-0.1, -0.05) is 26.0 Å². The van der Waals surface area contributed by atoms with Crippen molar-refractivity contribution in [1.82, 2.24) is 9.88 Å². The van der Waals surface area contributed by atoms with E-state index in [1.54, 1.807) is 35.6 Å². The fraction of sp³-hybridized carbons (Fsp3) is 0.261. The number of anilines is 3. The molecule has 10 heteroatoms. The number of halogens is 3. The first-order valence-electron chi connectivity index (χ1n) is 10.2. The van der Waals surface area contributed by atoms with E-state index < -0.39 is 30.7 Å². The zero-order chi connectivity index (χ0) is 24.3. The van der Waals surface area contributed by atoms with Gasteiger partial charge in [-0.05, 0) is 41.1 Å². The molecule has 0 aliphatic heterocycles. The molecule has 0 aliphatic carbocycles. The maximum absolute atomic E-state index is 13.1. The Balaban J connectivity index is 1.99. The van der Waals surface area contributed by atoms with Gasteiger partial charge in [0.2, 0.25) is 5.91 Å². The van der Waals surface area contributed by atoms with Crippen LogP contribution in [0.1, 0.15) is 30.9 Å². The van der Waals surface area contributed by atoms with Crippen LogP contribution in [0.15, 0.2) is 47.4 Å². The van der Waals surface area contributed by atoms with E-state index in [9.17, 15) is 22.8 Å². The minimum Gasteiger partial charge on any atom is -0.398 e. The molecule has 0 spiro atoms. The topological polar surface area (TPSA) is 113 Å². The lowest BCUT2D eigenvalue weighted by atomic mass is 9.97. The molecule has 2 aromatic carbocycles. The van der Waals surface area contributed by atoms with Gasteiger partial charge in [-0.2, -0.15) is 13.2 Å². The molecule has 0 bridgehead atoms. The van der Waals surface area contributed by atoms with Gasteiger partial charge in [0.25, 0.3) is 5.56 Å². The van der Waals surface area contributed by atoms with Crippen molar-refractivity contribution in [3.63, 3.8) is 0 Å². The smallest absolute Gasteiger partial charge is 0.398 e. The van der Waals surface area contributed by atoms with Crippen LogP contribution in [-0.4, -0.2) is 29.4 Å². The molecule has 7 nitrogen and oxygen atoms in total. The van der Waals surface area contributed by atoms with E-state index in [0.717, 1.165) is 16.3 Å². The van der Waals surface area contributed by atoms with Gasteiger partial charge in [0.1, 0.15) is 13.1 Å². The van der Waals surface area contributed by atoms with Gasteiger partial charge in [-0.3, -0.25) is 9.59 Å². The van der Waals surface area contributed by atoms with Crippen LogP contribution >= 0.6 is 0 Å². The molecule has 0 atom stereocenters. The minimum atomic E-state index is -4.54. The number of rotatable bonds is 7. The van der Waals surface area contributed by atoms with E-state index in [4.69, 9.17) is 11.1 Å². The van der Waals surface area contributed by atoms with Gasteiger partial charge in [0.15, 0.2) is 0 Å². The third-order valence-electron chi connectivity index (χ3n) is 5.11. The average molecular weight is 459 g/mol. The lowest BCUT2D eigenvalue weighted by Crippen LogP contribution is -2.37. The summed E-state index contributed by atoms with van der Waals surface area (Å²) in [5, 5.41) is 13.5. The lowest BCUT2D eigenvalue weighted by Gasteiger charge is -2.17. The van der Waals surface area contributed by atoms with E-state index in [0.29, 0.717) is 28.0 Å².